The highest BCUT2D eigenvalue weighted by Gasteiger charge is 2.17. The SMILES string of the molecule is CN(Cc1cccc(C(N)=S)c1)C(=O)NC1CCCCC1. The van der Waals surface area contributed by atoms with Crippen LogP contribution in [-0.4, -0.2) is 29.0 Å². The van der Waals surface area contributed by atoms with E-state index in [-0.39, 0.29) is 6.03 Å². The van der Waals surface area contributed by atoms with Crippen molar-refractivity contribution in [3.8, 4) is 0 Å². The summed E-state index contributed by atoms with van der Waals surface area (Å²) >= 11 is 4.98. The molecule has 0 atom stereocenters. The molecule has 1 aliphatic rings. The molecule has 1 aliphatic carbocycles. The Morgan fingerprint density at radius 1 is 1.38 bits per heavy atom. The van der Waals surface area contributed by atoms with Gasteiger partial charge in [-0.2, -0.15) is 0 Å². The lowest BCUT2D eigenvalue weighted by Crippen LogP contribution is -2.43. The number of hydrogen-bond donors (Lipinski definition) is 2. The molecule has 5 heteroatoms. The van der Waals surface area contributed by atoms with Crippen LogP contribution >= 0.6 is 12.2 Å². The van der Waals surface area contributed by atoms with Crippen LogP contribution in [0.25, 0.3) is 0 Å². The van der Waals surface area contributed by atoms with Crippen LogP contribution in [0.15, 0.2) is 24.3 Å². The van der Waals surface area contributed by atoms with Crippen LogP contribution in [0.2, 0.25) is 0 Å². The summed E-state index contributed by atoms with van der Waals surface area (Å²) in [5.41, 5.74) is 7.50. The highest BCUT2D eigenvalue weighted by atomic mass is 32.1. The summed E-state index contributed by atoms with van der Waals surface area (Å²) in [4.78, 5) is 14.3. The van der Waals surface area contributed by atoms with E-state index in [1.807, 2.05) is 31.3 Å². The molecule has 1 aromatic carbocycles. The van der Waals surface area contributed by atoms with Gasteiger partial charge in [-0.05, 0) is 24.5 Å². The minimum atomic E-state index is -0.0115. The van der Waals surface area contributed by atoms with Gasteiger partial charge in [0.1, 0.15) is 4.99 Å². The van der Waals surface area contributed by atoms with Crippen molar-refractivity contribution in [3.05, 3.63) is 35.4 Å². The van der Waals surface area contributed by atoms with Gasteiger partial charge in [-0.3, -0.25) is 0 Å². The number of hydrogen-bond acceptors (Lipinski definition) is 2. The summed E-state index contributed by atoms with van der Waals surface area (Å²) in [5.74, 6) is 0. The Hall–Kier alpha value is -1.62. The molecule has 2 amide bonds. The van der Waals surface area contributed by atoms with Gasteiger partial charge in [0.15, 0.2) is 0 Å². The van der Waals surface area contributed by atoms with Crippen molar-refractivity contribution in [2.24, 2.45) is 5.73 Å². The fourth-order valence-corrected chi connectivity index (χ4v) is 2.83. The van der Waals surface area contributed by atoms with Crippen molar-refractivity contribution in [1.82, 2.24) is 10.2 Å². The first-order valence-electron chi connectivity index (χ1n) is 7.46. The molecule has 0 radical (unpaired) electrons. The van der Waals surface area contributed by atoms with Gasteiger partial charge in [0.2, 0.25) is 0 Å². The Kier molecular flexibility index (Phi) is 5.56. The molecule has 0 aliphatic heterocycles. The van der Waals surface area contributed by atoms with E-state index in [1.165, 1.54) is 19.3 Å². The number of nitrogens with two attached hydrogens (primary N) is 1. The normalized spacial score (nSPS) is 15.5. The third kappa shape index (κ3) is 4.70. The standard InChI is InChI=1S/C16H23N3OS/c1-19(16(20)18-14-8-3-2-4-9-14)11-12-6-5-7-13(10-12)15(17)21/h5-7,10,14H,2-4,8-9,11H2,1H3,(H2,17,21)(H,18,20). The molecule has 0 unspecified atom stereocenters. The van der Waals surface area contributed by atoms with E-state index >= 15 is 0 Å². The van der Waals surface area contributed by atoms with E-state index in [0.717, 1.165) is 24.0 Å². The zero-order valence-electron chi connectivity index (χ0n) is 12.5. The number of carbonyl (C=O) groups is 1. The molecule has 1 aromatic rings. The topological polar surface area (TPSA) is 58.4 Å². The summed E-state index contributed by atoms with van der Waals surface area (Å²) in [6, 6.07) is 8.03. The van der Waals surface area contributed by atoms with Crippen LogP contribution in [-0.2, 0) is 6.54 Å². The molecule has 1 fully saturated rings. The first-order valence-corrected chi connectivity index (χ1v) is 7.87. The summed E-state index contributed by atoms with van der Waals surface area (Å²) < 4.78 is 0. The van der Waals surface area contributed by atoms with E-state index in [9.17, 15) is 4.79 Å². The second-order valence-electron chi connectivity index (χ2n) is 5.71. The fourth-order valence-electron chi connectivity index (χ4n) is 2.70. The van der Waals surface area contributed by atoms with Crippen LogP contribution in [0.3, 0.4) is 0 Å². The van der Waals surface area contributed by atoms with Gasteiger partial charge < -0.3 is 16.0 Å². The molecule has 2 rings (SSSR count). The number of amides is 2. The lowest BCUT2D eigenvalue weighted by Gasteiger charge is -2.26. The van der Waals surface area contributed by atoms with Crippen molar-refractivity contribution in [1.29, 1.82) is 0 Å². The molecular weight excluding hydrogens is 282 g/mol. The third-order valence-electron chi connectivity index (χ3n) is 3.91. The lowest BCUT2D eigenvalue weighted by atomic mass is 9.96. The van der Waals surface area contributed by atoms with Gasteiger partial charge in [0.05, 0.1) is 0 Å². The maximum absolute atomic E-state index is 12.2. The predicted molar refractivity (Wildman–Crippen MR) is 89.2 cm³/mol. The number of thiocarbonyl (C=S) groups is 1. The molecular formula is C16H23N3OS. The van der Waals surface area contributed by atoms with Crippen molar-refractivity contribution in [2.75, 3.05) is 7.05 Å². The molecule has 0 saturated heterocycles. The maximum atomic E-state index is 12.2. The summed E-state index contributed by atoms with van der Waals surface area (Å²) in [6.07, 6.45) is 5.90. The second kappa shape index (κ2) is 7.41. The Bertz CT molecular complexity index is 512. The van der Waals surface area contributed by atoms with Crippen LogP contribution in [0.5, 0.6) is 0 Å². The average Bonchev–Trinajstić information content (AvgIpc) is 2.48. The van der Waals surface area contributed by atoms with Crippen molar-refractivity contribution in [3.63, 3.8) is 0 Å². The zero-order valence-corrected chi connectivity index (χ0v) is 13.3. The Labute approximate surface area is 131 Å². The third-order valence-corrected chi connectivity index (χ3v) is 4.15. The van der Waals surface area contributed by atoms with E-state index in [0.29, 0.717) is 17.6 Å². The fraction of sp³-hybridized carbons (Fsp3) is 0.500. The Balaban J connectivity index is 1.90. The molecule has 0 aromatic heterocycles. The van der Waals surface area contributed by atoms with E-state index < -0.39 is 0 Å². The number of nitrogens with zero attached hydrogens (tertiary/aromatic N) is 1. The smallest absolute Gasteiger partial charge is 0.317 e. The zero-order chi connectivity index (χ0) is 15.2. The molecule has 0 bridgehead atoms. The number of urea groups is 1. The van der Waals surface area contributed by atoms with E-state index in [1.54, 1.807) is 4.90 Å². The Morgan fingerprint density at radius 2 is 2.10 bits per heavy atom. The first kappa shape index (κ1) is 15.8. The van der Waals surface area contributed by atoms with Crippen LogP contribution in [0.4, 0.5) is 4.79 Å². The van der Waals surface area contributed by atoms with Crippen molar-refractivity contribution >= 4 is 23.2 Å². The number of carbonyl (C=O) groups excluding carboxylic acids is 1. The van der Waals surface area contributed by atoms with Crippen LogP contribution in [0, 0.1) is 0 Å². The summed E-state index contributed by atoms with van der Waals surface area (Å²) in [6.45, 7) is 0.551. The number of rotatable bonds is 4. The van der Waals surface area contributed by atoms with Gasteiger partial charge in [-0.15, -0.1) is 0 Å². The van der Waals surface area contributed by atoms with E-state index in [4.69, 9.17) is 18.0 Å². The molecule has 0 heterocycles. The summed E-state index contributed by atoms with van der Waals surface area (Å²) in [5, 5.41) is 3.11. The monoisotopic (exact) mass is 305 g/mol. The summed E-state index contributed by atoms with van der Waals surface area (Å²) in [7, 11) is 1.81. The quantitative estimate of drug-likeness (QED) is 0.841. The number of nitrogens with one attached hydrogen (secondary N) is 1. The molecule has 1 saturated carbocycles. The van der Waals surface area contributed by atoms with Gasteiger partial charge in [-0.1, -0.05) is 49.7 Å². The van der Waals surface area contributed by atoms with Gasteiger partial charge >= 0.3 is 6.03 Å². The lowest BCUT2D eigenvalue weighted by molar-refractivity contribution is 0.198. The molecule has 4 nitrogen and oxygen atoms in total. The van der Waals surface area contributed by atoms with Gasteiger partial charge in [-0.25, -0.2) is 4.79 Å². The Morgan fingerprint density at radius 3 is 2.76 bits per heavy atom. The first-order chi connectivity index (χ1) is 10.1. The molecule has 114 valence electrons. The minimum Gasteiger partial charge on any atom is -0.389 e. The van der Waals surface area contributed by atoms with Crippen LogP contribution < -0.4 is 11.1 Å². The van der Waals surface area contributed by atoms with E-state index in [2.05, 4.69) is 5.32 Å². The predicted octanol–water partition coefficient (Wildman–Crippen LogP) is 2.79. The highest BCUT2D eigenvalue weighted by molar-refractivity contribution is 7.80. The molecule has 21 heavy (non-hydrogen) atoms. The highest BCUT2D eigenvalue weighted by Crippen LogP contribution is 2.17. The largest absolute Gasteiger partial charge is 0.389 e. The van der Waals surface area contributed by atoms with Crippen molar-refractivity contribution < 1.29 is 4.79 Å². The van der Waals surface area contributed by atoms with Gasteiger partial charge in [0, 0.05) is 25.2 Å². The van der Waals surface area contributed by atoms with Crippen molar-refractivity contribution in [2.45, 2.75) is 44.7 Å². The second-order valence-corrected chi connectivity index (χ2v) is 6.14. The number of benzene rings is 1. The van der Waals surface area contributed by atoms with Gasteiger partial charge in [0.25, 0.3) is 0 Å². The molecule has 0 spiro atoms. The minimum absolute atomic E-state index is 0.0115. The average molecular weight is 305 g/mol. The maximum Gasteiger partial charge on any atom is 0.317 e. The van der Waals surface area contributed by atoms with Crippen LogP contribution in [0.1, 0.15) is 43.2 Å². The molecule has 3 N–H and O–H groups in total.